The molecule has 0 N–H and O–H groups in total. The van der Waals surface area contributed by atoms with Gasteiger partial charge >= 0.3 is 0 Å². The van der Waals surface area contributed by atoms with Gasteiger partial charge in [0.2, 0.25) is 5.91 Å². The van der Waals surface area contributed by atoms with Gasteiger partial charge < -0.3 is 9.64 Å². The molecule has 2 amide bonds. The van der Waals surface area contributed by atoms with E-state index in [0.717, 1.165) is 6.42 Å². The number of hydrogen-bond acceptors (Lipinski definition) is 5. The third-order valence-corrected chi connectivity index (χ3v) is 4.44. The number of nitro groups is 1. The molecule has 0 atom stereocenters. The van der Waals surface area contributed by atoms with Crippen LogP contribution in [0.15, 0.2) is 48.5 Å². The average molecular weight is 369 g/mol. The number of benzene rings is 2. The van der Waals surface area contributed by atoms with Crippen molar-refractivity contribution in [2.24, 2.45) is 0 Å². The maximum absolute atomic E-state index is 13.2. The van der Waals surface area contributed by atoms with Gasteiger partial charge in [0.1, 0.15) is 18.0 Å². The lowest BCUT2D eigenvalue weighted by Crippen LogP contribution is -2.42. The molecule has 8 heteroatoms. The minimum Gasteiger partial charge on any atom is -0.497 e. The first-order valence-electron chi connectivity index (χ1n) is 8.48. The summed E-state index contributed by atoms with van der Waals surface area (Å²) in [5, 5.41) is 11.3. The van der Waals surface area contributed by atoms with E-state index in [1.165, 1.54) is 30.2 Å². The van der Waals surface area contributed by atoms with Crippen molar-refractivity contribution in [3.63, 3.8) is 0 Å². The molecule has 0 saturated carbocycles. The Morgan fingerprint density at radius 3 is 2.52 bits per heavy atom. The first-order chi connectivity index (χ1) is 13.0. The molecule has 2 aromatic carbocycles. The van der Waals surface area contributed by atoms with Crippen LogP contribution in [0.4, 0.5) is 11.4 Å². The molecular weight excluding hydrogens is 350 g/mol. The molecule has 27 heavy (non-hydrogen) atoms. The van der Waals surface area contributed by atoms with Crippen molar-refractivity contribution in [3.8, 4) is 5.75 Å². The molecular formula is C19H19N3O5. The van der Waals surface area contributed by atoms with Crippen molar-refractivity contribution < 1.29 is 19.2 Å². The minimum atomic E-state index is -0.583. The molecule has 0 unspecified atom stereocenters. The Balaban J connectivity index is 1.99. The third kappa shape index (κ3) is 3.89. The van der Waals surface area contributed by atoms with Gasteiger partial charge in [0.15, 0.2) is 0 Å². The van der Waals surface area contributed by atoms with Gasteiger partial charge in [-0.15, -0.1) is 0 Å². The summed E-state index contributed by atoms with van der Waals surface area (Å²) >= 11 is 0. The molecule has 0 aliphatic carbocycles. The van der Waals surface area contributed by atoms with E-state index in [1.54, 1.807) is 35.2 Å². The zero-order chi connectivity index (χ0) is 19.4. The number of carbonyl (C=O) groups is 2. The summed E-state index contributed by atoms with van der Waals surface area (Å²) in [6.45, 7) is 0.589. The predicted octanol–water partition coefficient (Wildman–Crippen LogP) is 2.83. The number of ether oxygens (including phenoxy) is 1. The molecule has 140 valence electrons. The van der Waals surface area contributed by atoms with E-state index in [-0.39, 0.29) is 23.8 Å². The Morgan fingerprint density at radius 1 is 1.22 bits per heavy atom. The summed E-state index contributed by atoms with van der Waals surface area (Å²) in [5.74, 6) is 0.0464. The van der Waals surface area contributed by atoms with Gasteiger partial charge in [-0.2, -0.15) is 0 Å². The normalized spacial score (nSPS) is 13.5. The minimum absolute atomic E-state index is 0.0232. The molecule has 0 radical (unpaired) electrons. The fourth-order valence-corrected chi connectivity index (χ4v) is 3.01. The van der Waals surface area contributed by atoms with Crippen LogP contribution in [0.2, 0.25) is 0 Å². The van der Waals surface area contributed by atoms with E-state index in [9.17, 15) is 19.7 Å². The quantitative estimate of drug-likeness (QED) is 0.577. The monoisotopic (exact) mass is 369 g/mol. The molecule has 1 heterocycles. The number of hydrogen-bond donors (Lipinski definition) is 0. The van der Waals surface area contributed by atoms with Gasteiger partial charge in [0.25, 0.3) is 11.6 Å². The smallest absolute Gasteiger partial charge is 0.282 e. The molecule has 2 aromatic rings. The zero-order valence-corrected chi connectivity index (χ0v) is 14.8. The lowest BCUT2D eigenvalue weighted by Gasteiger charge is -2.28. The van der Waals surface area contributed by atoms with E-state index in [1.807, 2.05) is 0 Å². The van der Waals surface area contributed by atoms with E-state index >= 15 is 0 Å². The molecule has 1 aliphatic rings. The summed E-state index contributed by atoms with van der Waals surface area (Å²) in [5.41, 5.74) is 0.234. The number of nitrogens with zero attached hydrogens (tertiary/aromatic N) is 3. The van der Waals surface area contributed by atoms with E-state index in [0.29, 0.717) is 24.4 Å². The number of nitro benzene ring substituents is 1. The maximum atomic E-state index is 13.2. The molecule has 1 aliphatic heterocycles. The number of methoxy groups -OCH3 is 1. The second-order valence-corrected chi connectivity index (χ2v) is 6.11. The van der Waals surface area contributed by atoms with Crippen LogP contribution in [-0.4, -0.2) is 42.0 Å². The second-order valence-electron chi connectivity index (χ2n) is 6.11. The highest BCUT2D eigenvalue weighted by atomic mass is 16.6. The second kappa shape index (κ2) is 7.86. The number of likely N-dealkylation sites (tertiary alicyclic amines) is 1. The van der Waals surface area contributed by atoms with Gasteiger partial charge in [-0.25, -0.2) is 0 Å². The summed E-state index contributed by atoms with van der Waals surface area (Å²) in [6.07, 6.45) is 1.17. The van der Waals surface area contributed by atoms with Crippen LogP contribution in [0.3, 0.4) is 0 Å². The Morgan fingerprint density at radius 2 is 1.93 bits per heavy atom. The standard InChI is InChI=1S/C19H19N3O5/c1-27-15-10-8-14(9-11-15)21(13-20-12-4-7-18(20)23)19(24)16-5-2-3-6-17(16)22(25)26/h2-3,5-6,8-11H,4,7,12-13H2,1H3. The van der Waals surface area contributed by atoms with E-state index in [4.69, 9.17) is 4.74 Å². The molecule has 0 aromatic heterocycles. The van der Waals surface area contributed by atoms with Crippen molar-refractivity contribution in [3.05, 3.63) is 64.2 Å². The maximum Gasteiger partial charge on any atom is 0.282 e. The largest absolute Gasteiger partial charge is 0.497 e. The number of amides is 2. The summed E-state index contributed by atoms with van der Waals surface area (Å²) in [6, 6.07) is 12.6. The van der Waals surface area contributed by atoms with Crippen LogP contribution in [0.5, 0.6) is 5.75 Å². The highest BCUT2D eigenvalue weighted by molar-refractivity contribution is 6.08. The van der Waals surface area contributed by atoms with Crippen LogP contribution in [-0.2, 0) is 4.79 Å². The third-order valence-electron chi connectivity index (χ3n) is 4.44. The molecule has 3 rings (SSSR count). The van der Waals surface area contributed by atoms with Crippen molar-refractivity contribution in [2.75, 3.05) is 25.2 Å². The molecule has 0 spiro atoms. The van der Waals surface area contributed by atoms with Crippen molar-refractivity contribution in [1.82, 2.24) is 4.90 Å². The van der Waals surface area contributed by atoms with Crippen LogP contribution in [0.25, 0.3) is 0 Å². The first kappa shape index (κ1) is 18.4. The predicted molar refractivity (Wildman–Crippen MR) is 98.7 cm³/mol. The Kier molecular flexibility index (Phi) is 5.35. The van der Waals surface area contributed by atoms with Gasteiger partial charge in [-0.3, -0.25) is 24.6 Å². The first-order valence-corrected chi connectivity index (χ1v) is 8.48. The number of carbonyl (C=O) groups excluding carboxylic acids is 2. The summed E-state index contributed by atoms with van der Waals surface area (Å²) in [7, 11) is 1.54. The fourth-order valence-electron chi connectivity index (χ4n) is 3.01. The van der Waals surface area contributed by atoms with Gasteiger partial charge in [0.05, 0.1) is 12.0 Å². The molecule has 1 saturated heterocycles. The van der Waals surface area contributed by atoms with Crippen LogP contribution in [0, 0.1) is 10.1 Å². The lowest BCUT2D eigenvalue weighted by molar-refractivity contribution is -0.385. The average Bonchev–Trinajstić information content (AvgIpc) is 3.10. The highest BCUT2D eigenvalue weighted by Gasteiger charge is 2.29. The number of anilines is 1. The zero-order valence-electron chi connectivity index (χ0n) is 14.8. The van der Waals surface area contributed by atoms with Crippen molar-refractivity contribution in [2.45, 2.75) is 12.8 Å². The van der Waals surface area contributed by atoms with Gasteiger partial charge in [-0.05, 0) is 36.8 Å². The molecule has 8 nitrogen and oxygen atoms in total. The SMILES string of the molecule is COc1ccc(N(CN2CCCC2=O)C(=O)c2ccccc2[N+](=O)[O-])cc1. The molecule has 0 bridgehead atoms. The van der Waals surface area contributed by atoms with Crippen LogP contribution in [0.1, 0.15) is 23.2 Å². The number of rotatable bonds is 6. The van der Waals surface area contributed by atoms with Crippen molar-refractivity contribution in [1.29, 1.82) is 0 Å². The summed E-state index contributed by atoms with van der Waals surface area (Å²) in [4.78, 5) is 38.9. The highest BCUT2D eigenvalue weighted by Crippen LogP contribution is 2.26. The van der Waals surface area contributed by atoms with Gasteiger partial charge in [-0.1, -0.05) is 12.1 Å². The lowest BCUT2D eigenvalue weighted by atomic mass is 10.1. The molecule has 1 fully saturated rings. The van der Waals surface area contributed by atoms with Gasteiger partial charge in [0, 0.05) is 24.7 Å². The van der Waals surface area contributed by atoms with Crippen LogP contribution < -0.4 is 9.64 Å². The number of para-hydroxylation sites is 1. The van der Waals surface area contributed by atoms with Crippen molar-refractivity contribution >= 4 is 23.2 Å². The Labute approximate surface area is 156 Å². The van der Waals surface area contributed by atoms with E-state index in [2.05, 4.69) is 0 Å². The fraction of sp³-hybridized carbons (Fsp3) is 0.263. The van der Waals surface area contributed by atoms with E-state index < -0.39 is 10.8 Å². The Bertz CT molecular complexity index is 866. The summed E-state index contributed by atoms with van der Waals surface area (Å²) < 4.78 is 5.14. The Hall–Kier alpha value is -3.42. The topological polar surface area (TPSA) is 93.0 Å². The van der Waals surface area contributed by atoms with Crippen LogP contribution >= 0.6 is 0 Å².